The van der Waals surface area contributed by atoms with E-state index in [1.807, 2.05) is 25.1 Å². The molecule has 27 heavy (non-hydrogen) atoms. The summed E-state index contributed by atoms with van der Waals surface area (Å²) in [5.41, 5.74) is 5.22. The van der Waals surface area contributed by atoms with Crippen LogP contribution in [0.2, 0.25) is 0 Å². The summed E-state index contributed by atoms with van der Waals surface area (Å²) in [5.74, 6) is -0.230. The summed E-state index contributed by atoms with van der Waals surface area (Å²) in [6.45, 7) is 4.07. The molecule has 3 aromatic rings. The highest BCUT2D eigenvalue weighted by Gasteiger charge is 2.13. The number of anilines is 1. The molecule has 1 N–H and O–H groups in total. The highest BCUT2D eigenvalue weighted by Crippen LogP contribution is 2.32. The topological polar surface area (TPSA) is 66.3 Å². The van der Waals surface area contributed by atoms with Crippen molar-refractivity contribution < 1.29 is 9.90 Å². The molecule has 0 saturated heterocycles. The van der Waals surface area contributed by atoms with Gasteiger partial charge in [0.05, 0.1) is 5.52 Å². The number of aromatic nitrogens is 2. The maximum Gasteiger partial charge on any atom is 0.323 e. The fourth-order valence-electron chi connectivity index (χ4n) is 3.23. The lowest BCUT2D eigenvalue weighted by Gasteiger charge is -2.19. The number of benzene rings is 1. The van der Waals surface area contributed by atoms with Crippen LogP contribution >= 0.6 is 0 Å². The number of unbranched alkanes of at least 4 members (excludes halogenated alkanes) is 1. The molecule has 3 rings (SSSR count). The zero-order valence-electron chi connectivity index (χ0n) is 16.1. The first-order valence-electron chi connectivity index (χ1n) is 9.27. The SMILES string of the molecule is CCCCc1ccc2nc(N(C)CC(=O)O)cc(-c3ccnc(C)c3)c2c1. The second-order valence-electron chi connectivity index (χ2n) is 6.92. The molecule has 1 aromatic carbocycles. The third-order valence-electron chi connectivity index (χ3n) is 4.65. The number of rotatable bonds is 7. The predicted molar refractivity (Wildman–Crippen MR) is 109 cm³/mol. The van der Waals surface area contributed by atoms with Gasteiger partial charge >= 0.3 is 5.97 Å². The Balaban J connectivity index is 2.17. The second-order valence-corrected chi connectivity index (χ2v) is 6.92. The fraction of sp³-hybridized carbons (Fsp3) is 0.318. The average molecular weight is 363 g/mol. The Morgan fingerprint density at radius 2 is 2.00 bits per heavy atom. The molecule has 2 heterocycles. The molecule has 5 nitrogen and oxygen atoms in total. The number of carboxylic acids is 1. The van der Waals surface area contributed by atoms with Gasteiger partial charge in [0, 0.05) is 24.3 Å². The van der Waals surface area contributed by atoms with E-state index in [2.05, 4.69) is 30.1 Å². The number of hydrogen-bond donors (Lipinski definition) is 1. The molecule has 0 aliphatic heterocycles. The smallest absolute Gasteiger partial charge is 0.323 e. The molecule has 0 bridgehead atoms. The van der Waals surface area contributed by atoms with Crippen LogP contribution in [0.25, 0.3) is 22.0 Å². The molecule has 5 heteroatoms. The van der Waals surface area contributed by atoms with E-state index in [0.717, 1.165) is 47.0 Å². The van der Waals surface area contributed by atoms with Crippen LogP contribution in [-0.2, 0) is 11.2 Å². The number of likely N-dealkylation sites (N-methyl/N-ethyl adjacent to an activating group) is 1. The van der Waals surface area contributed by atoms with Crippen LogP contribution in [-0.4, -0.2) is 34.6 Å². The van der Waals surface area contributed by atoms with Gasteiger partial charge in [0.1, 0.15) is 12.4 Å². The van der Waals surface area contributed by atoms with E-state index in [1.54, 1.807) is 18.1 Å². The van der Waals surface area contributed by atoms with Crippen molar-refractivity contribution in [3.05, 3.63) is 53.9 Å². The molecule has 0 spiro atoms. The van der Waals surface area contributed by atoms with Gasteiger partial charge in [0.25, 0.3) is 0 Å². The largest absolute Gasteiger partial charge is 0.480 e. The van der Waals surface area contributed by atoms with Crippen molar-refractivity contribution >= 4 is 22.7 Å². The van der Waals surface area contributed by atoms with E-state index in [-0.39, 0.29) is 6.54 Å². The van der Waals surface area contributed by atoms with Gasteiger partial charge in [-0.2, -0.15) is 0 Å². The fourth-order valence-corrected chi connectivity index (χ4v) is 3.23. The molecule has 140 valence electrons. The summed E-state index contributed by atoms with van der Waals surface area (Å²) in [6.07, 6.45) is 5.16. The van der Waals surface area contributed by atoms with Gasteiger partial charge in [-0.25, -0.2) is 4.98 Å². The molecule has 0 amide bonds. The molecule has 2 aromatic heterocycles. The number of aliphatic carboxylic acids is 1. The van der Waals surface area contributed by atoms with Crippen molar-refractivity contribution in [1.82, 2.24) is 9.97 Å². The quantitative estimate of drug-likeness (QED) is 0.671. The minimum Gasteiger partial charge on any atom is -0.480 e. The summed E-state index contributed by atoms with van der Waals surface area (Å²) in [5, 5.41) is 10.2. The first-order chi connectivity index (χ1) is 13.0. The zero-order valence-corrected chi connectivity index (χ0v) is 16.1. The van der Waals surface area contributed by atoms with Crippen molar-refractivity contribution in [1.29, 1.82) is 0 Å². The van der Waals surface area contributed by atoms with Crippen LogP contribution in [0.3, 0.4) is 0 Å². The van der Waals surface area contributed by atoms with E-state index < -0.39 is 5.97 Å². The van der Waals surface area contributed by atoms with Crippen LogP contribution in [0.5, 0.6) is 0 Å². The molecule has 0 atom stereocenters. The van der Waals surface area contributed by atoms with Gasteiger partial charge in [-0.3, -0.25) is 9.78 Å². The van der Waals surface area contributed by atoms with E-state index in [4.69, 9.17) is 10.1 Å². The molecule has 0 fully saturated rings. The maximum atomic E-state index is 11.1. The van der Waals surface area contributed by atoms with Crippen LogP contribution < -0.4 is 4.90 Å². The Morgan fingerprint density at radius 1 is 1.19 bits per heavy atom. The molecule has 0 aliphatic rings. The predicted octanol–water partition coefficient (Wildman–Crippen LogP) is 4.47. The number of aryl methyl sites for hydroxylation is 2. The average Bonchev–Trinajstić information content (AvgIpc) is 2.64. The lowest BCUT2D eigenvalue weighted by molar-refractivity contribution is -0.135. The molecular weight excluding hydrogens is 338 g/mol. The van der Waals surface area contributed by atoms with Crippen molar-refractivity contribution in [3.63, 3.8) is 0 Å². The Hall–Kier alpha value is -2.95. The Bertz CT molecular complexity index is 969. The first-order valence-corrected chi connectivity index (χ1v) is 9.27. The highest BCUT2D eigenvalue weighted by molar-refractivity contribution is 5.96. The summed E-state index contributed by atoms with van der Waals surface area (Å²) < 4.78 is 0. The number of carbonyl (C=O) groups is 1. The van der Waals surface area contributed by atoms with Crippen molar-refractivity contribution in [2.45, 2.75) is 33.1 Å². The minimum atomic E-state index is -0.879. The maximum absolute atomic E-state index is 11.1. The lowest BCUT2D eigenvalue weighted by Crippen LogP contribution is -2.26. The number of fused-ring (bicyclic) bond motifs is 1. The Labute approximate surface area is 159 Å². The third kappa shape index (κ3) is 4.42. The van der Waals surface area contributed by atoms with Crippen LogP contribution in [0, 0.1) is 6.92 Å². The van der Waals surface area contributed by atoms with Gasteiger partial charge in [0.15, 0.2) is 0 Å². The third-order valence-corrected chi connectivity index (χ3v) is 4.65. The van der Waals surface area contributed by atoms with Crippen molar-refractivity contribution in [2.24, 2.45) is 0 Å². The van der Waals surface area contributed by atoms with Gasteiger partial charge in [0.2, 0.25) is 0 Å². The molecule has 0 aliphatic carbocycles. The monoisotopic (exact) mass is 363 g/mol. The van der Waals surface area contributed by atoms with E-state index in [1.165, 1.54) is 5.56 Å². The van der Waals surface area contributed by atoms with Gasteiger partial charge in [-0.05, 0) is 66.8 Å². The number of pyridine rings is 2. The summed E-state index contributed by atoms with van der Waals surface area (Å²) in [6, 6.07) is 12.4. The second kappa shape index (κ2) is 8.16. The lowest BCUT2D eigenvalue weighted by atomic mass is 9.98. The highest BCUT2D eigenvalue weighted by atomic mass is 16.4. The summed E-state index contributed by atoms with van der Waals surface area (Å²) >= 11 is 0. The number of carboxylic acid groups (broad SMARTS) is 1. The number of hydrogen-bond acceptors (Lipinski definition) is 4. The van der Waals surface area contributed by atoms with E-state index in [0.29, 0.717) is 5.82 Å². The normalized spacial score (nSPS) is 10.9. The van der Waals surface area contributed by atoms with E-state index in [9.17, 15) is 4.79 Å². The van der Waals surface area contributed by atoms with Gasteiger partial charge < -0.3 is 10.0 Å². The van der Waals surface area contributed by atoms with Crippen molar-refractivity contribution in [3.8, 4) is 11.1 Å². The van der Waals surface area contributed by atoms with Gasteiger partial charge in [-0.15, -0.1) is 0 Å². The van der Waals surface area contributed by atoms with Gasteiger partial charge in [-0.1, -0.05) is 19.4 Å². The van der Waals surface area contributed by atoms with Crippen LogP contribution in [0.1, 0.15) is 31.0 Å². The molecule has 0 saturated carbocycles. The molecule has 0 unspecified atom stereocenters. The first kappa shape index (κ1) is 18.8. The van der Waals surface area contributed by atoms with Crippen LogP contribution in [0.4, 0.5) is 5.82 Å². The zero-order chi connectivity index (χ0) is 19.4. The van der Waals surface area contributed by atoms with Crippen molar-refractivity contribution in [2.75, 3.05) is 18.5 Å². The molecular formula is C22H25N3O2. The molecule has 0 radical (unpaired) electrons. The summed E-state index contributed by atoms with van der Waals surface area (Å²) in [7, 11) is 1.75. The van der Waals surface area contributed by atoms with E-state index >= 15 is 0 Å². The summed E-state index contributed by atoms with van der Waals surface area (Å²) in [4.78, 5) is 21.8. The minimum absolute atomic E-state index is 0.0953. The Morgan fingerprint density at radius 3 is 2.70 bits per heavy atom. The standard InChI is InChI=1S/C22H25N3O2/c1-4-5-6-16-7-8-20-19(12-16)18(17-9-10-23-15(2)11-17)13-21(24-20)25(3)14-22(26)27/h7-13H,4-6,14H2,1-3H3,(H,26,27). The number of nitrogens with zero attached hydrogens (tertiary/aromatic N) is 3. The Kier molecular flexibility index (Phi) is 5.69. The van der Waals surface area contributed by atoms with Crippen LogP contribution in [0.15, 0.2) is 42.6 Å².